The number of amides is 1. The van der Waals surface area contributed by atoms with Gasteiger partial charge in [-0.25, -0.2) is 0 Å². The molecule has 3 aromatic carbocycles. The van der Waals surface area contributed by atoms with Crippen LogP contribution in [0.15, 0.2) is 85.2 Å². The normalized spacial score (nSPS) is 15.0. The summed E-state index contributed by atoms with van der Waals surface area (Å²) in [5.74, 6) is 1.47. The molecular formula is C40H50N8O5. The van der Waals surface area contributed by atoms with Gasteiger partial charge in [-0.2, -0.15) is 10.2 Å². The number of nitrogens with one attached hydrogen (secondary N) is 1. The maximum Gasteiger partial charge on any atom is 0.255 e. The van der Waals surface area contributed by atoms with E-state index in [-0.39, 0.29) is 5.91 Å². The first-order chi connectivity index (χ1) is 25.8. The Balaban J connectivity index is 0.000000192. The average Bonchev–Trinajstić information content (AvgIpc) is 3.81. The Bertz CT molecular complexity index is 1910. The van der Waals surface area contributed by atoms with E-state index in [1.54, 1.807) is 17.1 Å². The van der Waals surface area contributed by atoms with Gasteiger partial charge in [0.1, 0.15) is 24.7 Å². The van der Waals surface area contributed by atoms with Crippen LogP contribution in [0.3, 0.4) is 0 Å². The maximum atomic E-state index is 12.6. The molecule has 2 saturated heterocycles. The van der Waals surface area contributed by atoms with Crippen LogP contribution in [0.1, 0.15) is 15.9 Å². The van der Waals surface area contributed by atoms with Crippen molar-refractivity contribution in [3.8, 4) is 34.0 Å². The lowest BCUT2D eigenvalue weighted by molar-refractivity contribution is 0.0322. The van der Waals surface area contributed by atoms with Crippen molar-refractivity contribution >= 4 is 17.3 Å². The number of ether oxygens (including phenoxy) is 4. The van der Waals surface area contributed by atoms with E-state index in [0.717, 1.165) is 111 Å². The predicted octanol–water partition coefficient (Wildman–Crippen LogP) is 4.74. The van der Waals surface area contributed by atoms with E-state index in [2.05, 4.69) is 25.3 Å². The number of anilines is 2. The molecular weight excluding hydrogens is 672 g/mol. The summed E-state index contributed by atoms with van der Waals surface area (Å²) in [6.07, 6.45) is 3.53. The minimum absolute atomic E-state index is 0.142. The fraction of sp³-hybridized carbons (Fsp3) is 0.375. The van der Waals surface area contributed by atoms with Crippen molar-refractivity contribution < 1.29 is 23.7 Å². The van der Waals surface area contributed by atoms with Crippen molar-refractivity contribution in [1.82, 2.24) is 29.4 Å². The highest BCUT2D eigenvalue weighted by atomic mass is 16.5. The second kappa shape index (κ2) is 18.5. The highest BCUT2D eigenvalue weighted by Gasteiger charge is 2.16. The topological polar surface area (TPSA) is 134 Å². The van der Waals surface area contributed by atoms with Crippen LogP contribution in [0.4, 0.5) is 11.4 Å². The number of hydrogen-bond donors (Lipinski definition) is 2. The van der Waals surface area contributed by atoms with Gasteiger partial charge < -0.3 is 30.0 Å². The van der Waals surface area contributed by atoms with Gasteiger partial charge in [0.2, 0.25) is 0 Å². The number of aryl methyl sites for hydroxylation is 3. The molecule has 1 amide bonds. The molecule has 0 atom stereocenters. The molecule has 2 aliphatic heterocycles. The lowest BCUT2D eigenvalue weighted by Gasteiger charge is -2.26. The Morgan fingerprint density at radius 2 is 1.23 bits per heavy atom. The van der Waals surface area contributed by atoms with E-state index < -0.39 is 0 Å². The second-order valence-electron chi connectivity index (χ2n) is 13.1. The van der Waals surface area contributed by atoms with Crippen LogP contribution >= 0.6 is 0 Å². The lowest BCUT2D eigenvalue weighted by Crippen LogP contribution is -2.38. The summed E-state index contributed by atoms with van der Waals surface area (Å²) in [5.41, 5.74) is 12.9. The number of nitrogen functional groups attached to an aromatic ring is 1. The number of benzene rings is 3. The van der Waals surface area contributed by atoms with Gasteiger partial charge in [-0.3, -0.25) is 24.0 Å². The molecule has 0 bridgehead atoms. The molecule has 0 saturated carbocycles. The summed E-state index contributed by atoms with van der Waals surface area (Å²) in [4.78, 5) is 17.3. The number of aromatic nitrogens is 4. The van der Waals surface area contributed by atoms with Gasteiger partial charge in [0.05, 0.1) is 37.8 Å². The molecule has 0 aliphatic carbocycles. The highest BCUT2D eigenvalue weighted by Crippen LogP contribution is 2.33. The Morgan fingerprint density at radius 3 is 1.74 bits per heavy atom. The van der Waals surface area contributed by atoms with Gasteiger partial charge >= 0.3 is 0 Å². The summed E-state index contributed by atoms with van der Waals surface area (Å²) in [6.45, 7) is 12.0. The molecule has 13 heteroatoms. The molecule has 0 spiro atoms. The van der Waals surface area contributed by atoms with E-state index in [0.29, 0.717) is 24.5 Å². The molecule has 0 radical (unpaired) electrons. The molecule has 280 valence electrons. The van der Waals surface area contributed by atoms with Crippen LogP contribution in [-0.4, -0.2) is 114 Å². The maximum absolute atomic E-state index is 12.6. The Kier molecular flexibility index (Phi) is 13.1. The van der Waals surface area contributed by atoms with E-state index in [4.69, 9.17) is 24.7 Å². The van der Waals surface area contributed by atoms with Gasteiger partial charge in [-0.1, -0.05) is 17.7 Å². The zero-order valence-corrected chi connectivity index (χ0v) is 30.9. The van der Waals surface area contributed by atoms with Crippen molar-refractivity contribution in [2.45, 2.75) is 6.92 Å². The van der Waals surface area contributed by atoms with Crippen molar-refractivity contribution in [3.63, 3.8) is 0 Å². The molecule has 13 nitrogen and oxygen atoms in total. The predicted molar refractivity (Wildman–Crippen MR) is 206 cm³/mol. The van der Waals surface area contributed by atoms with E-state index in [1.807, 2.05) is 98.5 Å². The number of rotatable bonds is 12. The molecule has 4 heterocycles. The quantitative estimate of drug-likeness (QED) is 0.174. The molecule has 2 aromatic heterocycles. The van der Waals surface area contributed by atoms with Crippen LogP contribution in [0.25, 0.3) is 22.5 Å². The summed E-state index contributed by atoms with van der Waals surface area (Å²) in [5, 5.41) is 11.5. The van der Waals surface area contributed by atoms with Gasteiger partial charge in [-0.05, 0) is 67.6 Å². The number of nitrogens with two attached hydrogens (primary N) is 1. The lowest BCUT2D eigenvalue weighted by atomic mass is 10.1. The van der Waals surface area contributed by atoms with Gasteiger partial charge in [0.25, 0.3) is 5.91 Å². The van der Waals surface area contributed by atoms with E-state index >= 15 is 0 Å². The van der Waals surface area contributed by atoms with Gasteiger partial charge in [-0.15, -0.1) is 0 Å². The third-order valence-corrected chi connectivity index (χ3v) is 9.29. The second-order valence-corrected chi connectivity index (χ2v) is 13.1. The van der Waals surface area contributed by atoms with Crippen LogP contribution in [0.5, 0.6) is 11.5 Å². The fourth-order valence-corrected chi connectivity index (χ4v) is 6.21. The van der Waals surface area contributed by atoms with Crippen LogP contribution in [0.2, 0.25) is 0 Å². The Morgan fingerprint density at radius 1 is 0.717 bits per heavy atom. The van der Waals surface area contributed by atoms with Crippen LogP contribution in [0, 0.1) is 6.92 Å². The monoisotopic (exact) mass is 722 g/mol. The first-order valence-electron chi connectivity index (χ1n) is 18.1. The van der Waals surface area contributed by atoms with Crippen LogP contribution in [-0.2, 0) is 23.6 Å². The first kappa shape index (κ1) is 37.5. The number of hydrogen-bond acceptors (Lipinski definition) is 10. The zero-order chi connectivity index (χ0) is 37.0. The Labute approximate surface area is 311 Å². The molecule has 53 heavy (non-hydrogen) atoms. The van der Waals surface area contributed by atoms with E-state index in [9.17, 15) is 4.79 Å². The minimum Gasteiger partial charge on any atom is -0.492 e. The van der Waals surface area contributed by atoms with E-state index in [1.165, 1.54) is 0 Å². The molecule has 2 fully saturated rings. The number of morpholine rings is 2. The zero-order valence-electron chi connectivity index (χ0n) is 30.9. The fourth-order valence-electron chi connectivity index (χ4n) is 6.21. The first-order valence-corrected chi connectivity index (χ1v) is 18.1. The van der Waals surface area contributed by atoms with Crippen molar-refractivity contribution in [2.24, 2.45) is 14.1 Å². The molecule has 3 N–H and O–H groups in total. The van der Waals surface area contributed by atoms with Gasteiger partial charge in [0, 0.05) is 93.8 Å². The van der Waals surface area contributed by atoms with Crippen LogP contribution < -0.4 is 20.5 Å². The highest BCUT2D eigenvalue weighted by molar-refractivity contribution is 6.04. The van der Waals surface area contributed by atoms with Gasteiger partial charge in [0.15, 0.2) is 0 Å². The third kappa shape index (κ3) is 10.4. The molecule has 0 unspecified atom stereocenters. The summed E-state index contributed by atoms with van der Waals surface area (Å²) < 4.78 is 26.5. The summed E-state index contributed by atoms with van der Waals surface area (Å²) in [6, 6.07) is 22.9. The minimum atomic E-state index is -0.142. The molecule has 2 aliphatic rings. The Hall–Kier alpha value is -5.21. The average molecular weight is 723 g/mol. The standard InChI is InChI=1S/C24H28N4O3.C16H22N4O2/c1-18-3-5-19(6-4-18)24(29)26-20-7-8-23(21(17-20)22-9-10-25-27(22)2)31-16-13-28-11-14-30-15-12-28;1-19-15(4-5-18-19)14-12-13(17)2-3-16(14)22-11-8-20-6-9-21-10-7-20/h3-10,17H,11-16H2,1-2H3,(H,26,29);2-5,12H,6-11,17H2,1H3. The SMILES string of the molecule is Cc1ccc(C(=O)Nc2ccc(OCCN3CCOCC3)c(-c3ccnn3C)c2)cc1.Cn1nccc1-c1cc(N)ccc1OCCN1CCOCC1. The van der Waals surface area contributed by atoms with Crippen molar-refractivity contribution in [1.29, 1.82) is 0 Å². The third-order valence-electron chi connectivity index (χ3n) is 9.29. The van der Waals surface area contributed by atoms with Crippen molar-refractivity contribution in [3.05, 3.63) is 96.3 Å². The van der Waals surface area contributed by atoms with Crippen molar-refractivity contribution in [2.75, 3.05) is 90.0 Å². The number of carbonyl (C=O) groups excluding carboxylic acids is 1. The number of nitrogens with zero attached hydrogens (tertiary/aromatic N) is 6. The largest absolute Gasteiger partial charge is 0.492 e. The smallest absolute Gasteiger partial charge is 0.255 e. The number of carbonyl (C=O) groups is 1. The summed E-state index contributed by atoms with van der Waals surface area (Å²) >= 11 is 0. The molecule has 5 aromatic rings. The molecule has 7 rings (SSSR count). The summed E-state index contributed by atoms with van der Waals surface area (Å²) in [7, 11) is 3.81.